The normalized spacial score (nSPS) is 16.3. The second-order valence-corrected chi connectivity index (χ2v) is 9.48. The number of nitrogens with one attached hydrogen (secondary N) is 4. The Bertz CT molecular complexity index is 760. The molecule has 208 valence electrons. The highest BCUT2D eigenvalue weighted by Gasteiger charge is 2.33. The minimum Gasteiger partial charge on any atom is -0.480 e. The first-order valence-corrected chi connectivity index (χ1v) is 11.7. The zero-order valence-electron chi connectivity index (χ0n) is 21.4. The van der Waals surface area contributed by atoms with Gasteiger partial charge in [-0.15, -0.1) is 0 Å². The lowest BCUT2D eigenvalue weighted by Gasteiger charge is -2.27. The lowest BCUT2D eigenvalue weighted by Crippen LogP contribution is -2.61. The molecule has 0 bridgehead atoms. The van der Waals surface area contributed by atoms with Crippen LogP contribution in [0, 0.1) is 11.8 Å². The van der Waals surface area contributed by atoms with E-state index in [1.54, 1.807) is 0 Å². The Morgan fingerprint density at radius 1 is 0.667 bits per heavy atom. The molecule has 14 heteroatoms. The van der Waals surface area contributed by atoms with Gasteiger partial charge in [0.05, 0.1) is 25.4 Å². The van der Waals surface area contributed by atoms with Crippen LogP contribution in [-0.2, 0) is 24.0 Å². The minimum atomic E-state index is -1.67. The highest BCUT2D eigenvalue weighted by Crippen LogP contribution is 2.08. The molecular formula is C22H41N5O9. The molecule has 0 radical (unpaired) electrons. The van der Waals surface area contributed by atoms with Gasteiger partial charge in [-0.1, -0.05) is 27.7 Å². The number of rotatable bonds is 16. The fraction of sp³-hybridized carbons (Fsp3) is 0.773. The number of nitrogens with two attached hydrogens (primary N) is 1. The molecule has 4 amide bonds. The van der Waals surface area contributed by atoms with Crippen LogP contribution in [0.1, 0.15) is 47.5 Å². The van der Waals surface area contributed by atoms with E-state index in [4.69, 9.17) is 15.9 Å². The van der Waals surface area contributed by atoms with Crippen molar-refractivity contribution in [2.24, 2.45) is 17.6 Å². The van der Waals surface area contributed by atoms with Crippen molar-refractivity contribution in [2.75, 3.05) is 13.2 Å². The van der Waals surface area contributed by atoms with Crippen LogP contribution in [0.5, 0.6) is 0 Å². The van der Waals surface area contributed by atoms with E-state index in [-0.39, 0.29) is 18.3 Å². The van der Waals surface area contributed by atoms with E-state index in [9.17, 15) is 34.2 Å². The maximum atomic E-state index is 12.9. The van der Waals surface area contributed by atoms with Gasteiger partial charge in [-0.3, -0.25) is 19.2 Å². The number of carboxylic acids is 1. The molecule has 14 nitrogen and oxygen atoms in total. The molecule has 10 N–H and O–H groups in total. The maximum absolute atomic E-state index is 12.9. The monoisotopic (exact) mass is 519 g/mol. The van der Waals surface area contributed by atoms with Gasteiger partial charge in [-0.25, -0.2) is 4.79 Å². The lowest BCUT2D eigenvalue weighted by molar-refractivity contribution is -0.143. The highest BCUT2D eigenvalue weighted by atomic mass is 16.4. The third-order valence-electron chi connectivity index (χ3n) is 5.08. The van der Waals surface area contributed by atoms with Crippen molar-refractivity contribution < 1.29 is 44.4 Å². The van der Waals surface area contributed by atoms with E-state index in [2.05, 4.69) is 16.0 Å². The van der Waals surface area contributed by atoms with E-state index in [1.165, 1.54) is 6.92 Å². The van der Waals surface area contributed by atoms with E-state index in [0.29, 0.717) is 6.42 Å². The third kappa shape index (κ3) is 11.7. The summed E-state index contributed by atoms with van der Waals surface area (Å²) in [6.45, 7) is 6.77. The molecule has 0 aromatic carbocycles. The van der Waals surface area contributed by atoms with Crippen LogP contribution in [0.25, 0.3) is 0 Å². The van der Waals surface area contributed by atoms with Gasteiger partial charge >= 0.3 is 5.97 Å². The Balaban J connectivity index is 5.49. The van der Waals surface area contributed by atoms with Crippen molar-refractivity contribution in [3.8, 4) is 0 Å². The highest BCUT2D eigenvalue weighted by molar-refractivity contribution is 5.95. The molecule has 0 aromatic heterocycles. The number of carbonyl (C=O) groups excluding carboxylic acids is 4. The predicted molar refractivity (Wildman–Crippen MR) is 128 cm³/mol. The number of aliphatic hydroxyl groups excluding tert-OH is 3. The van der Waals surface area contributed by atoms with Gasteiger partial charge in [0, 0.05) is 0 Å². The molecule has 0 rings (SSSR count). The van der Waals surface area contributed by atoms with Crippen LogP contribution in [-0.4, -0.2) is 99.6 Å². The van der Waals surface area contributed by atoms with Crippen molar-refractivity contribution in [3.63, 3.8) is 0 Å². The molecular weight excluding hydrogens is 478 g/mol. The zero-order chi connectivity index (χ0) is 28.2. The summed E-state index contributed by atoms with van der Waals surface area (Å²) in [7, 11) is 0. The summed E-state index contributed by atoms with van der Waals surface area (Å²) in [6, 6.07) is -6.80. The van der Waals surface area contributed by atoms with Crippen LogP contribution in [0.4, 0.5) is 0 Å². The van der Waals surface area contributed by atoms with Crippen LogP contribution < -0.4 is 27.0 Å². The largest absolute Gasteiger partial charge is 0.480 e. The number of carbonyl (C=O) groups is 5. The molecule has 6 atom stereocenters. The molecule has 0 spiro atoms. The standard InChI is InChI=1S/C22H41N5O9/c1-10(2)6-13(23)18(31)24-14(7-11(3)4)19(32)27-17(12(5)30)21(34)25-15(8-28)20(33)26-16(9-29)22(35)36/h10-17,28-30H,6-9,23H2,1-5H3,(H,24,31)(H,25,34)(H,26,33)(H,27,32)(H,35,36)/t12-,13+,14+,15+,16+,17+/m1/s1. The fourth-order valence-corrected chi connectivity index (χ4v) is 3.17. The molecule has 0 aliphatic carbocycles. The van der Waals surface area contributed by atoms with Crippen LogP contribution in [0.3, 0.4) is 0 Å². The molecule has 0 aliphatic rings. The Morgan fingerprint density at radius 3 is 1.53 bits per heavy atom. The summed E-state index contributed by atoms with van der Waals surface area (Å²) >= 11 is 0. The van der Waals surface area contributed by atoms with E-state index in [1.807, 2.05) is 33.0 Å². The first kappa shape index (κ1) is 33.2. The fourth-order valence-electron chi connectivity index (χ4n) is 3.17. The smallest absolute Gasteiger partial charge is 0.328 e. The molecule has 0 unspecified atom stereocenters. The van der Waals surface area contributed by atoms with Gasteiger partial charge in [0.1, 0.15) is 24.2 Å². The predicted octanol–water partition coefficient (Wildman–Crippen LogP) is -3.20. The average molecular weight is 520 g/mol. The Morgan fingerprint density at radius 2 is 1.11 bits per heavy atom. The molecule has 0 fully saturated rings. The van der Waals surface area contributed by atoms with Crippen molar-refractivity contribution in [1.82, 2.24) is 21.3 Å². The van der Waals surface area contributed by atoms with Crippen LogP contribution >= 0.6 is 0 Å². The van der Waals surface area contributed by atoms with Gasteiger partial charge in [0.2, 0.25) is 23.6 Å². The SMILES string of the molecule is CC(C)C[C@H](NC(=O)[C@@H](N)CC(C)C)C(=O)N[C@H](C(=O)N[C@@H](CO)C(=O)N[C@@H](CO)C(=O)O)[C@@H](C)O. The summed E-state index contributed by atoms with van der Waals surface area (Å²) in [5.41, 5.74) is 5.89. The molecule has 0 saturated carbocycles. The minimum absolute atomic E-state index is 0.0302. The summed E-state index contributed by atoms with van der Waals surface area (Å²) in [6.07, 6.45) is -0.844. The van der Waals surface area contributed by atoms with Crippen LogP contribution in [0.2, 0.25) is 0 Å². The van der Waals surface area contributed by atoms with Crippen molar-refractivity contribution >= 4 is 29.6 Å². The number of amides is 4. The second kappa shape index (κ2) is 16.0. The van der Waals surface area contributed by atoms with Crippen LogP contribution in [0.15, 0.2) is 0 Å². The Labute approximate surface area is 210 Å². The average Bonchev–Trinajstić information content (AvgIpc) is 2.76. The molecule has 0 aliphatic heterocycles. The molecule has 0 heterocycles. The number of carboxylic acid groups (broad SMARTS) is 1. The summed E-state index contributed by atoms with van der Waals surface area (Å²) in [5, 5.41) is 46.5. The molecule has 36 heavy (non-hydrogen) atoms. The van der Waals surface area contributed by atoms with E-state index >= 15 is 0 Å². The van der Waals surface area contributed by atoms with E-state index in [0.717, 1.165) is 0 Å². The Kier molecular flexibility index (Phi) is 14.8. The van der Waals surface area contributed by atoms with E-state index < -0.39 is 79.1 Å². The molecule has 0 aromatic rings. The number of hydrogen-bond acceptors (Lipinski definition) is 9. The quantitative estimate of drug-likeness (QED) is 0.0988. The first-order chi connectivity index (χ1) is 16.6. The summed E-state index contributed by atoms with van der Waals surface area (Å²) < 4.78 is 0. The maximum Gasteiger partial charge on any atom is 0.328 e. The van der Waals surface area contributed by atoms with Gasteiger partial charge < -0.3 is 47.4 Å². The number of aliphatic hydroxyl groups is 3. The molecule has 0 saturated heterocycles. The topological polar surface area (TPSA) is 240 Å². The zero-order valence-corrected chi connectivity index (χ0v) is 21.4. The van der Waals surface area contributed by atoms with Crippen molar-refractivity contribution in [1.29, 1.82) is 0 Å². The van der Waals surface area contributed by atoms with Crippen molar-refractivity contribution in [2.45, 2.75) is 83.8 Å². The first-order valence-electron chi connectivity index (χ1n) is 11.7. The lowest BCUT2D eigenvalue weighted by atomic mass is 10.00. The third-order valence-corrected chi connectivity index (χ3v) is 5.08. The number of hydrogen-bond donors (Lipinski definition) is 9. The summed E-state index contributed by atoms with van der Waals surface area (Å²) in [5.74, 6) is -4.89. The van der Waals surface area contributed by atoms with Gasteiger partial charge in [-0.2, -0.15) is 0 Å². The van der Waals surface area contributed by atoms with Gasteiger partial charge in [0.15, 0.2) is 0 Å². The van der Waals surface area contributed by atoms with Crippen molar-refractivity contribution in [3.05, 3.63) is 0 Å². The summed E-state index contributed by atoms with van der Waals surface area (Å²) in [4.78, 5) is 61.4. The van der Waals surface area contributed by atoms with Gasteiger partial charge in [-0.05, 0) is 31.6 Å². The number of aliphatic carboxylic acids is 1. The Hall–Kier alpha value is -2.81. The second-order valence-electron chi connectivity index (χ2n) is 9.48. The van der Waals surface area contributed by atoms with Gasteiger partial charge in [0.25, 0.3) is 0 Å².